The number of amides is 2. The van der Waals surface area contributed by atoms with Crippen molar-refractivity contribution in [3.05, 3.63) is 156 Å². The van der Waals surface area contributed by atoms with Crippen LogP contribution in [0.5, 0.6) is 17.2 Å². The number of nitrogens with zero attached hydrogens (tertiary/aromatic N) is 1. The molecule has 2 fully saturated rings. The molecule has 0 radical (unpaired) electrons. The Hall–Kier alpha value is -6.28. The van der Waals surface area contributed by atoms with Gasteiger partial charge in [0.2, 0.25) is 11.8 Å². The molecule has 0 aromatic heterocycles. The minimum absolute atomic E-state index is 0.197. The van der Waals surface area contributed by atoms with E-state index < -0.39 is 40.4 Å². The van der Waals surface area contributed by atoms with Crippen LogP contribution < -0.4 is 19.1 Å². The van der Waals surface area contributed by atoms with Gasteiger partial charge in [-0.25, -0.2) is 4.90 Å². The first-order valence-electron chi connectivity index (χ1n) is 16.6. The second-order valence-electron chi connectivity index (χ2n) is 12.9. The Morgan fingerprint density at radius 3 is 1.43 bits per heavy atom. The molecule has 1 aliphatic heterocycles. The number of carbonyl (C=O) groups is 4. The van der Waals surface area contributed by atoms with Crippen molar-refractivity contribution < 1.29 is 33.4 Å². The first-order valence-corrected chi connectivity index (χ1v) is 16.6. The molecule has 8 heteroatoms. The summed E-state index contributed by atoms with van der Waals surface area (Å²) in [7, 11) is 3.18. The topological polar surface area (TPSA) is 99.2 Å². The van der Waals surface area contributed by atoms with Crippen molar-refractivity contribution in [1.82, 2.24) is 0 Å². The number of methoxy groups -OCH3 is 2. The molecule has 252 valence electrons. The van der Waals surface area contributed by atoms with E-state index in [1.807, 2.05) is 109 Å². The highest BCUT2D eigenvalue weighted by atomic mass is 16.5. The monoisotopic (exact) mass is 675 g/mol. The lowest BCUT2D eigenvalue weighted by Crippen LogP contribution is -2.45. The van der Waals surface area contributed by atoms with Gasteiger partial charge in [-0.3, -0.25) is 19.2 Å². The van der Waals surface area contributed by atoms with Crippen LogP contribution >= 0.6 is 0 Å². The molecule has 0 N–H and O–H groups in total. The number of allylic oxidation sites excluding steroid dienone is 2. The predicted octanol–water partition coefficient (Wildman–Crippen LogP) is 6.82. The van der Waals surface area contributed by atoms with Crippen LogP contribution in [-0.2, 0) is 30.0 Å². The molecule has 1 saturated heterocycles. The maximum atomic E-state index is 16.1. The highest BCUT2D eigenvalue weighted by Crippen LogP contribution is 2.74. The highest BCUT2D eigenvalue weighted by Gasteiger charge is 2.82. The number of ether oxygens (including phenoxy) is 3. The van der Waals surface area contributed by atoms with Gasteiger partial charge in [0.1, 0.15) is 17.2 Å². The molecular weight excluding hydrogens is 642 g/mol. The number of anilines is 1. The van der Waals surface area contributed by atoms with Crippen LogP contribution in [0.25, 0.3) is 11.1 Å². The Balaban J connectivity index is 1.50. The summed E-state index contributed by atoms with van der Waals surface area (Å²) in [5.41, 5.74) is 1.13. The largest absolute Gasteiger partial charge is 0.497 e. The summed E-state index contributed by atoms with van der Waals surface area (Å²) in [6.07, 6.45) is 0. The van der Waals surface area contributed by atoms with Gasteiger partial charge in [-0.1, -0.05) is 91.0 Å². The van der Waals surface area contributed by atoms with E-state index in [0.717, 1.165) is 11.1 Å². The van der Waals surface area contributed by atoms with Crippen LogP contribution in [0.2, 0.25) is 0 Å². The van der Waals surface area contributed by atoms with Crippen LogP contribution in [-0.4, -0.2) is 37.8 Å². The first-order chi connectivity index (χ1) is 24.8. The van der Waals surface area contributed by atoms with Crippen LogP contribution in [0, 0.1) is 11.8 Å². The number of esters is 1. The Kier molecular flexibility index (Phi) is 7.49. The lowest BCUT2D eigenvalue weighted by molar-refractivity contribution is -0.132. The summed E-state index contributed by atoms with van der Waals surface area (Å²) in [5.74, 6) is -2.49. The third kappa shape index (κ3) is 4.39. The second kappa shape index (κ2) is 11.9. The maximum Gasteiger partial charge on any atom is 0.308 e. The normalized spacial score (nSPS) is 23.4. The van der Waals surface area contributed by atoms with Crippen molar-refractivity contribution in [2.75, 3.05) is 19.1 Å². The number of fused-ring (bicyclic) bond motifs is 5. The van der Waals surface area contributed by atoms with E-state index in [-0.39, 0.29) is 17.2 Å². The number of carbonyl (C=O) groups excluding carboxylic acids is 4. The fourth-order valence-corrected chi connectivity index (χ4v) is 8.75. The molecule has 8 rings (SSSR count). The van der Waals surface area contributed by atoms with Crippen molar-refractivity contribution in [2.24, 2.45) is 11.8 Å². The molecule has 51 heavy (non-hydrogen) atoms. The quantitative estimate of drug-likeness (QED) is 0.101. The van der Waals surface area contributed by atoms with E-state index in [9.17, 15) is 4.79 Å². The number of hydrogen-bond acceptors (Lipinski definition) is 7. The van der Waals surface area contributed by atoms with E-state index >= 15 is 14.4 Å². The Bertz CT molecular complexity index is 2120. The number of imide groups is 1. The molecule has 2 aliphatic carbocycles. The summed E-state index contributed by atoms with van der Waals surface area (Å²) >= 11 is 0. The summed E-state index contributed by atoms with van der Waals surface area (Å²) in [4.78, 5) is 59.5. The molecular formula is C43H33NO7. The van der Waals surface area contributed by atoms with Crippen molar-refractivity contribution in [2.45, 2.75) is 17.8 Å². The van der Waals surface area contributed by atoms with Crippen molar-refractivity contribution >= 4 is 40.4 Å². The van der Waals surface area contributed by atoms with Gasteiger partial charge in [-0.2, -0.15) is 0 Å². The summed E-state index contributed by atoms with van der Waals surface area (Å²) in [5, 5.41) is 0. The minimum atomic E-state index is -1.57. The molecule has 8 nitrogen and oxygen atoms in total. The molecule has 2 amide bonds. The number of ketones is 1. The average molecular weight is 676 g/mol. The second-order valence-corrected chi connectivity index (χ2v) is 12.9. The highest BCUT2D eigenvalue weighted by molar-refractivity contribution is 6.39. The Morgan fingerprint density at radius 2 is 1.02 bits per heavy atom. The van der Waals surface area contributed by atoms with E-state index in [1.54, 1.807) is 32.4 Å². The van der Waals surface area contributed by atoms with Gasteiger partial charge < -0.3 is 14.2 Å². The molecule has 1 heterocycles. The molecule has 5 aromatic carbocycles. The number of hydrogen-bond donors (Lipinski definition) is 0. The smallest absolute Gasteiger partial charge is 0.308 e. The fourth-order valence-electron chi connectivity index (χ4n) is 8.75. The van der Waals surface area contributed by atoms with Crippen LogP contribution in [0.15, 0.2) is 133 Å². The standard InChI is InChI=1S/C43H33NO7/c1-26(45)51-34-16-10-15-31(25-34)44-39(46)37-38(40(44)47)43(30-13-8-5-9-14-30)36(28-19-23-33(50-3)24-20-28)35(27-17-21-32(49-2)22-18-27)42(37,41(43)48)29-11-6-4-7-12-29/h4-25,37-38H,1-3H3/t37-,38-,42-,43-/m1/s1. The Labute approximate surface area is 294 Å². The van der Waals surface area contributed by atoms with Gasteiger partial charge in [-0.05, 0) is 69.8 Å². The summed E-state index contributed by atoms with van der Waals surface area (Å²) in [6, 6.07) is 40.0. The SMILES string of the molecule is COc1ccc(C2=C(c3ccc(OC)cc3)[C@@]3(c4ccccc4)C(=O)[C@@]2(c2ccccc2)[C@H]2C(=O)N(c4cccc(OC(C)=O)c4)C(=O)[C@@H]23)cc1. The van der Waals surface area contributed by atoms with Crippen molar-refractivity contribution in [3.8, 4) is 17.2 Å². The van der Waals surface area contributed by atoms with Crippen LogP contribution in [0.4, 0.5) is 5.69 Å². The molecule has 3 aliphatic rings. The first kappa shape index (κ1) is 32.0. The maximum absolute atomic E-state index is 16.1. The molecule has 4 atom stereocenters. The van der Waals surface area contributed by atoms with Gasteiger partial charge in [-0.15, -0.1) is 0 Å². The molecule has 0 spiro atoms. The van der Waals surface area contributed by atoms with E-state index in [1.165, 1.54) is 17.9 Å². The summed E-state index contributed by atoms with van der Waals surface area (Å²) in [6.45, 7) is 1.28. The zero-order valence-electron chi connectivity index (χ0n) is 28.2. The van der Waals surface area contributed by atoms with Gasteiger partial charge in [0, 0.05) is 13.0 Å². The zero-order valence-corrected chi connectivity index (χ0v) is 28.2. The third-order valence-corrected chi connectivity index (χ3v) is 10.5. The van der Waals surface area contributed by atoms with Crippen molar-refractivity contribution in [1.29, 1.82) is 0 Å². The minimum Gasteiger partial charge on any atom is -0.497 e. The van der Waals surface area contributed by atoms with Gasteiger partial charge >= 0.3 is 5.97 Å². The zero-order chi connectivity index (χ0) is 35.5. The van der Waals surface area contributed by atoms with E-state index in [0.29, 0.717) is 33.8 Å². The molecule has 2 bridgehead atoms. The van der Waals surface area contributed by atoms with Gasteiger partial charge in [0.05, 0.1) is 42.6 Å². The van der Waals surface area contributed by atoms with Crippen LogP contribution in [0.1, 0.15) is 29.2 Å². The molecule has 1 saturated carbocycles. The van der Waals surface area contributed by atoms with Gasteiger partial charge in [0.15, 0.2) is 5.78 Å². The predicted molar refractivity (Wildman–Crippen MR) is 191 cm³/mol. The number of benzene rings is 5. The lowest BCUT2D eigenvalue weighted by Gasteiger charge is -2.39. The molecule has 0 unspecified atom stereocenters. The average Bonchev–Trinajstić information content (AvgIpc) is 3.67. The van der Waals surface area contributed by atoms with Gasteiger partial charge in [0.25, 0.3) is 0 Å². The Morgan fingerprint density at radius 1 is 0.569 bits per heavy atom. The van der Waals surface area contributed by atoms with Crippen LogP contribution in [0.3, 0.4) is 0 Å². The van der Waals surface area contributed by atoms with E-state index in [4.69, 9.17) is 14.2 Å². The molecule has 5 aromatic rings. The van der Waals surface area contributed by atoms with Crippen molar-refractivity contribution in [3.63, 3.8) is 0 Å². The third-order valence-electron chi connectivity index (χ3n) is 10.5. The lowest BCUT2D eigenvalue weighted by atomic mass is 9.59. The number of rotatable bonds is 8. The van der Waals surface area contributed by atoms with E-state index in [2.05, 4.69) is 0 Å². The summed E-state index contributed by atoms with van der Waals surface area (Å²) < 4.78 is 16.4. The number of Topliss-reactive ketones (excluding diaryl/α,β-unsaturated/α-hetero) is 1. The fraction of sp³-hybridized carbons (Fsp3) is 0.163.